The van der Waals surface area contributed by atoms with E-state index in [2.05, 4.69) is 20.0 Å². The molecule has 3 N–H and O–H groups in total. The van der Waals surface area contributed by atoms with Gasteiger partial charge in [0.15, 0.2) is 0 Å². The van der Waals surface area contributed by atoms with Gasteiger partial charge in [0.2, 0.25) is 5.82 Å². The van der Waals surface area contributed by atoms with Crippen molar-refractivity contribution in [3.05, 3.63) is 89.7 Å². The van der Waals surface area contributed by atoms with Crippen LogP contribution in [0.5, 0.6) is 0 Å². The lowest BCUT2D eigenvalue weighted by Crippen LogP contribution is -2.41. The summed E-state index contributed by atoms with van der Waals surface area (Å²) in [6.45, 7) is 8.08. The summed E-state index contributed by atoms with van der Waals surface area (Å²) >= 11 is 0. The van der Waals surface area contributed by atoms with Crippen LogP contribution in [-0.2, 0) is 26.2 Å². The van der Waals surface area contributed by atoms with Gasteiger partial charge in [-0.3, -0.25) is 4.55 Å². The normalized spacial score (nSPS) is 18.3. The molecule has 0 radical (unpaired) electrons. The average molecular weight is 697 g/mol. The van der Waals surface area contributed by atoms with Gasteiger partial charge in [-0.05, 0) is 69.5 Å². The first kappa shape index (κ1) is 35.9. The summed E-state index contributed by atoms with van der Waals surface area (Å²) in [7, 11) is -4.02. The van der Waals surface area contributed by atoms with E-state index in [1.165, 1.54) is 18.2 Å². The Labute approximate surface area is 285 Å². The average Bonchev–Trinajstić information content (AvgIpc) is 3.71. The number of carbonyl (C=O) groups is 1. The van der Waals surface area contributed by atoms with Crippen LogP contribution in [0.4, 0.5) is 15.0 Å². The van der Waals surface area contributed by atoms with Gasteiger partial charge in [-0.25, -0.2) is 14.2 Å². The van der Waals surface area contributed by atoms with Crippen molar-refractivity contribution in [2.75, 3.05) is 31.1 Å². The maximum absolute atomic E-state index is 14.3. The molecule has 2 aromatic carbocycles. The monoisotopic (exact) mass is 696 g/mol. The maximum Gasteiger partial charge on any atom is 0.410 e. The Morgan fingerprint density at radius 3 is 2.43 bits per heavy atom. The van der Waals surface area contributed by atoms with Crippen LogP contribution < -0.4 is 10.6 Å². The number of hydrogen-bond acceptors (Lipinski definition) is 11. The third-order valence-corrected chi connectivity index (χ3v) is 9.13. The van der Waals surface area contributed by atoms with Crippen molar-refractivity contribution in [1.29, 1.82) is 0 Å². The minimum Gasteiger partial charge on any atom is -0.447 e. The SMILES string of the molecule is CC(C)OC(=O)N1CCC(OCc2nc(-c3ccc(N4C[C@H](c5ccccc5F)[C@@H](N)C4)nc3)no2)CC1.Cc1ccc(S(=O)(=O)O)cc1. The highest BCUT2D eigenvalue weighted by Gasteiger charge is 2.33. The number of halogens is 1. The number of benzene rings is 2. The molecule has 0 aliphatic carbocycles. The lowest BCUT2D eigenvalue weighted by molar-refractivity contribution is -0.0147. The number of aromatic nitrogens is 3. The summed E-state index contributed by atoms with van der Waals surface area (Å²) in [6.07, 6.45) is 2.73. The summed E-state index contributed by atoms with van der Waals surface area (Å²) in [6, 6.07) is 16.4. The Morgan fingerprint density at radius 1 is 1.08 bits per heavy atom. The number of rotatable bonds is 8. The number of amides is 1. The highest BCUT2D eigenvalue weighted by atomic mass is 32.2. The van der Waals surface area contributed by atoms with Crippen molar-refractivity contribution in [1.82, 2.24) is 20.0 Å². The molecule has 0 bridgehead atoms. The summed E-state index contributed by atoms with van der Waals surface area (Å²) < 4.78 is 60.4. The number of anilines is 1. The Kier molecular flexibility index (Phi) is 11.6. The molecular formula is C34H41FN6O7S. The molecule has 4 heterocycles. The number of ether oxygens (including phenoxy) is 2. The van der Waals surface area contributed by atoms with Crippen LogP contribution in [0.1, 0.15) is 49.6 Å². The van der Waals surface area contributed by atoms with Crippen molar-refractivity contribution in [2.24, 2.45) is 5.73 Å². The molecule has 15 heteroatoms. The van der Waals surface area contributed by atoms with Gasteiger partial charge in [0.1, 0.15) is 18.2 Å². The van der Waals surface area contributed by atoms with E-state index in [1.807, 2.05) is 39.0 Å². The van der Waals surface area contributed by atoms with Crippen LogP contribution in [0.3, 0.4) is 0 Å². The predicted octanol–water partition coefficient (Wildman–Crippen LogP) is 4.97. The van der Waals surface area contributed by atoms with Crippen molar-refractivity contribution in [3.8, 4) is 11.4 Å². The molecule has 2 saturated heterocycles. The van der Waals surface area contributed by atoms with Crippen LogP contribution in [0.15, 0.2) is 76.3 Å². The van der Waals surface area contributed by atoms with Crippen LogP contribution in [0.2, 0.25) is 0 Å². The summed E-state index contributed by atoms with van der Waals surface area (Å²) in [4.78, 5) is 24.7. The first-order valence-corrected chi connectivity index (χ1v) is 17.5. The Balaban J connectivity index is 0.000000363. The molecule has 0 saturated carbocycles. The van der Waals surface area contributed by atoms with E-state index in [9.17, 15) is 17.6 Å². The largest absolute Gasteiger partial charge is 0.447 e. The fourth-order valence-electron chi connectivity index (χ4n) is 5.64. The van der Waals surface area contributed by atoms with Crippen LogP contribution in [0, 0.1) is 12.7 Å². The van der Waals surface area contributed by atoms with E-state index in [-0.39, 0.29) is 47.6 Å². The number of pyridine rings is 1. The molecule has 4 aromatic rings. The zero-order valence-electron chi connectivity index (χ0n) is 27.6. The number of likely N-dealkylation sites (tertiary alicyclic amines) is 1. The third kappa shape index (κ3) is 9.59. The number of nitrogens with zero attached hydrogens (tertiary/aromatic N) is 5. The van der Waals surface area contributed by atoms with Crippen LogP contribution in [-0.4, -0.2) is 83.5 Å². The molecule has 13 nitrogen and oxygen atoms in total. The summed E-state index contributed by atoms with van der Waals surface area (Å²) in [5.41, 5.74) is 8.66. The quantitative estimate of drug-likeness (QED) is 0.237. The molecular weight excluding hydrogens is 655 g/mol. The van der Waals surface area contributed by atoms with E-state index in [1.54, 1.807) is 35.4 Å². The molecule has 0 spiro atoms. The van der Waals surface area contributed by atoms with Crippen molar-refractivity contribution in [3.63, 3.8) is 0 Å². The second-order valence-corrected chi connectivity index (χ2v) is 13.8. The van der Waals surface area contributed by atoms with Crippen molar-refractivity contribution in [2.45, 2.75) is 69.3 Å². The summed E-state index contributed by atoms with van der Waals surface area (Å²) in [5.74, 6) is 1.24. The van der Waals surface area contributed by atoms with Crippen LogP contribution in [0.25, 0.3) is 11.4 Å². The minimum absolute atomic E-state index is 0.00872. The van der Waals surface area contributed by atoms with E-state index < -0.39 is 10.1 Å². The highest BCUT2D eigenvalue weighted by Crippen LogP contribution is 2.31. The number of piperidine rings is 1. The minimum atomic E-state index is -4.02. The molecule has 0 unspecified atom stereocenters. The maximum atomic E-state index is 14.3. The first-order valence-electron chi connectivity index (χ1n) is 16.0. The van der Waals surface area contributed by atoms with E-state index in [0.717, 1.165) is 29.8 Å². The van der Waals surface area contributed by atoms with Gasteiger partial charge in [0.25, 0.3) is 16.0 Å². The third-order valence-electron chi connectivity index (χ3n) is 8.27. The van der Waals surface area contributed by atoms with Gasteiger partial charge >= 0.3 is 6.09 Å². The number of aryl methyl sites for hydroxylation is 1. The topological polar surface area (TPSA) is 174 Å². The standard InChI is InChI=1S/C27H33FN6O4.C7H8O3S/c1-17(2)37-27(35)33-11-9-19(10-12-33)36-16-25-31-26(32-38-25)18-7-8-24(30-13-18)34-14-21(23(29)15-34)20-5-3-4-6-22(20)28;1-6-2-4-7(5-3-6)11(8,9)10/h3-8,13,17,19,21,23H,9-12,14-16,29H2,1-2H3;2-5H,1H3,(H,8,9,10)/t21-,23+;/m1./s1. The van der Waals surface area contributed by atoms with E-state index >= 15 is 0 Å². The predicted molar refractivity (Wildman–Crippen MR) is 179 cm³/mol. The Morgan fingerprint density at radius 2 is 1.80 bits per heavy atom. The van der Waals surface area contributed by atoms with Gasteiger partial charge in [-0.15, -0.1) is 0 Å². The summed E-state index contributed by atoms with van der Waals surface area (Å²) in [5, 5.41) is 4.06. The van der Waals surface area contributed by atoms with Crippen LogP contribution >= 0.6 is 0 Å². The first-order chi connectivity index (χ1) is 23.4. The van der Waals surface area contributed by atoms with Gasteiger partial charge in [-0.2, -0.15) is 13.4 Å². The van der Waals surface area contributed by atoms with Gasteiger partial charge < -0.3 is 29.5 Å². The smallest absolute Gasteiger partial charge is 0.410 e. The van der Waals surface area contributed by atoms with Crippen molar-refractivity contribution >= 4 is 22.0 Å². The lowest BCUT2D eigenvalue weighted by atomic mass is 9.94. The number of carbonyl (C=O) groups excluding carboxylic acids is 1. The second kappa shape index (κ2) is 15.8. The molecule has 262 valence electrons. The van der Waals surface area contributed by atoms with Gasteiger partial charge in [-0.1, -0.05) is 41.1 Å². The fraction of sp³-hybridized carbons (Fsp3) is 0.412. The van der Waals surface area contributed by atoms with Gasteiger partial charge in [0, 0.05) is 49.9 Å². The van der Waals surface area contributed by atoms with Gasteiger partial charge in [0.05, 0.1) is 17.1 Å². The molecule has 6 rings (SSSR count). The molecule has 2 fully saturated rings. The molecule has 2 aromatic heterocycles. The zero-order valence-corrected chi connectivity index (χ0v) is 28.4. The van der Waals surface area contributed by atoms with E-state index in [4.69, 9.17) is 24.3 Å². The highest BCUT2D eigenvalue weighted by molar-refractivity contribution is 7.85. The molecule has 49 heavy (non-hydrogen) atoms. The van der Waals surface area contributed by atoms with E-state index in [0.29, 0.717) is 43.5 Å². The number of nitrogens with two attached hydrogens (primary N) is 1. The molecule has 2 aliphatic rings. The lowest BCUT2D eigenvalue weighted by Gasteiger charge is -2.31. The molecule has 1 amide bonds. The molecule has 2 atom stereocenters. The van der Waals surface area contributed by atoms with Crippen molar-refractivity contribution < 1.29 is 36.2 Å². The Hall–Kier alpha value is -4.44. The Bertz CT molecular complexity index is 1800. The zero-order chi connectivity index (χ0) is 35.1. The number of hydrogen-bond donors (Lipinski definition) is 2. The fourth-order valence-corrected chi connectivity index (χ4v) is 6.12. The molecule has 2 aliphatic heterocycles. The second-order valence-electron chi connectivity index (χ2n) is 12.3.